The third-order valence-corrected chi connectivity index (χ3v) is 5.79. The van der Waals surface area contributed by atoms with Gasteiger partial charge in [-0.25, -0.2) is 4.79 Å². The summed E-state index contributed by atoms with van der Waals surface area (Å²) in [6.45, 7) is 4.42. The minimum Gasteiger partial charge on any atom is -0.234 e. The molecular weight excluding hydrogens is 196 g/mol. The molecule has 0 aromatic carbocycles. The standard InChI is InChI=1S/C15H22O/c1-10(9-16)6-15-7-12-3-13(8-15)5-14(4-12)11(15)2/h11-14H,3-8H2,1-2H3. The van der Waals surface area contributed by atoms with Crippen LogP contribution >= 0.6 is 0 Å². The van der Waals surface area contributed by atoms with Crippen LogP contribution in [-0.4, -0.2) is 5.94 Å². The Morgan fingerprint density at radius 3 is 2.44 bits per heavy atom. The molecule has 1 heteroatoms. The molecule has 1 nitrogen and oxygen atoms in total. The van der Waals surface area contributed by atoms with Gasteiger partial charge in [0.1, 0.15) is 5.94 Å². The Morgan fingerprint density at radius 1 is 1.25 bits per heavy atom. The number of rotatable bonds is 2. The van der Waals surface area contributed by atoms with Crippen molar-refractivity contribution in [2.24, 2.45) is 29.1 Å². The summed E-state index contributed by atoms with van der Waals surface area (Å²) in [6.07, 6.45) is 8.24. The quantitative estimate of drug-likeness (QED) is 0.647. The van der Waals surface area contributed by atoms with Gasteiger partial charge in [-0.15, -0.1) is 0 Å². The van der Waals surface area contributed by atoms with Crippen LogP contribution in [0.4, 0.5) is 0 Å². The first-order valence-electron chi connectivity index (χ1n) is 6.83. The van der Waals surface area contributed by atoms with Crippen LogP contribution in [-0.2, 0) is 4.79 Å². The minimum atomic E-state index is 0.482. The lowest BCUT2D eigenvalue weighted by Gasteiger charge is -2.61. The van der Waals surface area contributed by atoms with E-state index in [9.17, 15) is 4.79 Å². The molecule has 0 aromatic heterocycles. The zero-order chi connectivity index (χ0) is 11.3. The van der Waals surface area contributed by atoms with Gasteiger partial charge in [0.05, 0.1) is 0 Å². The molecule has 4 fully saturated rings. The first kappa shape index (κ1) is 10.6. The molecular formula is C15H22O. The van der Waals surface area contributed by atoms with Gasteiger partial charge in [-0.3, -0.25) is 0 Å². The van der Waals surface area contributed by atoms with Crippen molar-refractivity contribution < 1.29 is 4.79 Å². The predicted octanol–water partition coefficient (Wildman–Crippen LogP) is 3.62. The molecule has 0 heterocycles. The molecule has 4 saturated carbocycles. The Hall–Kier alpha value is -0.550. The van der Waals surface area contributed by atoms with Gasteiger partial charge in [0.2, 0.25) is 0 Å². The highest BCUT2D eigenvalue weighted by Crippen LogP contribution is 2.64. The third-order valence-electron chi connectivity index (χ3n) is 5.79. The molecule has 4 aliphatic rings. The number of hydrogen-bond acceptors (Lipinski definition) is 1. The molecule has 0 radical (unpaired) electrons. The minimum absolute atomic E-state index is 0.482. The maximum Gasteiger partial charge on any atom is 0.123 e. The van der Waals surface area contributed by atoms with Crippen LogP contribution < -0.4 is 0 Å². The summed E-state index contributed by atoms with van der Waals surface area (Å²) in [7, 11) is 0. The number of carbonyl (C=O) groups excluding carboxylic acids is 1. The second kappa shape index (κ2) is 3.47. The maximum absolute atomic E-state index is 10.8. The van der Waals surface area contributed by atoms with Crippen molar-refractivity contribution >= 4 is 5.94 Å². The second-order valence-electron chi connectivity index (χ2n) is 6.82. The third kappa shape index (κ3) is 1.41. The molecule has 0 aromatic rings. The molecule has 16 heavy (non-hydrogen) atoms. The fourth-order valence-corrected chi connectivity index (χ4v) is 5.33. The van der Waals surface area contributed by atoms with Crippen LogP contribution in [0.25, 0.3) is 0 Å². The molecule has 0 amide bonds. The van der Waals surface area contributed by atoms with E-state index in [1.54, 1.807) is 0 Å². The molecule has 4 aliphatic carbocycles. The summed E-state index contributed by atoms with van der Waals surface area (Å²) in [5.74, 6) is 5.89. The van der Waals surface area contributed by atoms with E-state index < -0.39 is 0 Å². The highest BCUT2D eigenvalue weighted by Gasteiger charge is 2.54. The summed E-state index contributed by atoms with van der Waals surface area (Å²) in [4.78, 5) is 10.8. The first-order valence-corrected chi connectivity index (χ1v) is 6.83. The van der Waals surface area contributed by atoms with Crippen molar-refractivity contribution in [3.63, 3.8) is 0 Å². The highest BCUT2D eigenvalue weighted by atomic mass is 16.1. The molecule has 0 spiro atoms. The van der Waals surface area contributed by atoms with Crippen LogP contribution in [0.15, 0.2) is 5.57 Å². The van der Waals surface area contributed by atoms with Gasteiger partial charge in [0.25, 0.3) is 0 Å². The van der Waals surface area contributed by atoms with Gasteiger partial charge in [-0.1, -0.05) is 6.92 Å². The van der Waals surface area contributed by atoms with Crippen LogP contribution in [0, 0.1) is 29.1 Å². The lowest BCUT2D eigenvalue weighted by molar-refractivity contribution is -0.101. The van der Waals surface area contributed by atoms with Gasteiger partial charge in [0.15, 0.2) is 0 Å². The SMILES string of the molecule is CC(=C=O)CC12CC3CC(CC(C3)C1C)C2. The Kier molecular flexibility index (Phi) is 2.30. The van der Waals surface area contributed by atoms with Gasteiger partial charge in [0, 0.05) is 5.57 Å². The maximum atomic E-state index is 10.8. The topological polar surface area (TPSA) is 17.1 Å². The van der Waals surface area contributed by atoms with Gasteiger partial charge in [-0.05, 0) is 74.5 Å². The van der Waals surface area contributed by atoms with E-state index in [1.807, 2.05) is 6.92 Å². The molecule has 0 N–H and O–H groups in total. The molecule has 4 bridgehead atoms. The Labute approximate surface area is 98.3 Å². The van der Waals surface area contributed by atoms with Gasteiger partial charge < -0.3 is 0 Å². The van der Waals surface area contributed by atoms with E-state index in [2.05, 4.69) is 12.9 Å². The van der Waals surface area contributed by atoms with E-state index in [-0.39, 0.29) is 0 Å². The molecule has 88 valence electrons. The smallest absolute Gasteiger partial charge is 0.123 e. The van der Waals surface area contributed by atoms with Crippen LogP contribution in [0.2, 0.25) is 0 Å². The number of allylic oxidation sites excluding steroid dienone is 1. The fourth-order valence-electron chi connectivity index (χ4n) is 5.33. The van der Waals surface area contributed by atoms with Crippen molar-refractivity contribution in [1.29, 1.82) is 0 Å². The van der Waals surface area contributed by atoms with E-state index in [1.165, 1.54) is 32.1 Å². The van der Waals surface area contributed by atoms with E-state index >= 15 is 0 Å². The molecule has 3 atom stereocenters. The van der Waals surface area contributed by atoms with Crippen LogP contribution in [0.1, 0.15) is 52.4 Å². The first-order chi connectivity index (χ1) is 7.63. The van der Waals surface area contributed by atoms with Crippen molar-refractivity contribution in [2.45, 2.75) is 52.4 Å². The normalized spacial score (nSPS) is 49.1. The Balaban J connectivity index is 1.90. The lowest BCUT2D eigenvalue weighted by atomic mass is 9.44. The Bertz CT molecular complexity index is 336. The lowest BCUT2D eigenvalue weighted by Crippen LogP contribution is -2.51. The fraction of sp³-hybridized carbons (Fsp3) is 0.867. The van der Waals surface area contributed by atoms with Gasteiger partial charge >= 0.3 is 0 Å². The molecule has 0 saturated heterocycles. The van der Waals surface area contributed by atoms with E-state index in [4.69, 9.17) is 0 Å². The highest BCUT2D eigenvalue weighted by molar-refractivity contribution is 5.51. The van der Waals surface area contributed by atoms with Gasteiger partial charge in [-0.2, -0.15) is 0 Å². The number of hydrogen-bond donors (Lipinski definition) is 0. The summed E-state index contributed by atoms with van der Waals surface area (Å²) >= 11 is 0. The molecule has 3 unspecified atom stereocenters. The zero-order valence-corrected chi connectivity index (χ0v) is 10.5. The summed E-state index contributed by atoms with van der Waals surface area (Å²) < 4.78 is 0. The predicted molar refractivity (Wildman–Crippen MR) is 64.6 cm³/mol. The molecule has 4 rings (SSSR count). The van der Waals surface area contributed by atoms with Crippen molar-refractivity contribution in [3.8, 4) is 0 Å². The average molecular weight is 218 g/mol. The van der Waals surface area contributed by atoms with Crippen LogP contribution in [0.5, 0.6) is 0 Å². The van der Waals surface area contributed by atoms with Crippen molar-refractivity contribution in [3.05, 3.63) is 5.57 Å². The summed E-state index contributed by atoms with van der Waals surface area (Å²) in [5.41, 5.74) is 1.43. The molecule has 0 aliphatic heterocycles. The van der Waals surface area contributed by atoms with Crippen LogP contribution in [0.3, 0.4) is 0 Å². The van der Waals surface area contributed by atoms with E-state index in [0.29, 0.717) is 5.41 Å². The zero-order valence-electron chi connectivity index (χ0n) is 10.5. The van der Waals surface area contributed by atoms with Crippen molar-refractivity contribution in [2.75, 3.05) is 0 Å². The monoisotopic (exact) mass is 218 g/mol. The largest absolute Gasteiger partial charge is 0.234 e. The average Bonchev–Trinajstić information content (AvgIpc) is 2.24. The summed E-state index contributed by atoms with van der Waals surface area (Å²) in [5, 5.41) is 0. The summed E-state index contributed by atoms with van der Waals surface area (Å²) in [6, 6.07) is 0. The van der Waals surface area contributed by atoms with Crippen molar-refractivity contribution in [1.82, 2.24) is 0 Å². The Morgan fingerprint density at radius 2 is 1.88 bits per heavy atom. The van der Waals surface area contributed by atoms with E-state index in [0.717, 1.165) is 35.7 Å². The second-order valence-corrected chi connectivity index (χ2v) is 6.82.